The summed E-state index contributed by atoms with van der Waals surface area (Å²) < 4.78 is -0.603. The van der Waals surface area contributed by atoms with Gasteiger partial charge >= 0.3 is 140 Å². The van der Waals surface area contributed by atoms with E-state index < -0.39 is 30.9 Å². The quantitative estimate of drug-likeness (QED) is 0.259. The average Bonchev–Trinajstić information content (AvgIpc) is 2.37. The van der Waals surface area contributed by atoms with Crippen molar-refractivity contribution in [3.63, 3.8) is 0 Å². The minimum atomic E-state index is -2.73. The van der Waals surface area contributed by atoms with Gasteiger partial charge in [-0.2, -0.15) is 0 Å². The topological polar surface area (TPSA) is 17.1 Å². The van der Waals surface area contributed by atoms with Crippen LogP contribution in [-0.2, 0) is 19.5 Å². The number of halogens is 3. The Morgan fingerprint density at radius 1 is 0.800 bits per heavy atom. The molecule has 0 aromatic carbocycles. The molecule has 0 fully saturated rings. The Morgan fingerprint density at radius 3 is 1.30 bits per heavy atom. The molecule has 0 saturated carbocycles. The fraction of sp³-hybridized carbons (Fsp3) is 0.923. The molecule has 0 N–H and O–H groups in total. The maximum absolute atomic E-state index is 13.3. The van der Waals surface area contributed by atoms with Crippen LogP contribution in [0.15, 0.2) is 0 Å². The first-order valence-corrected chi connectivity index (χ1v) is 19.4. The second kappa shape index (κ2) is 10.2. The Kier molecular flexibility index (Phi) is 12.5. The van der Waals surface area contributed by atoms with Gasteiger partial charge in [-0.05, 0) is 0 Å². The molecule has 0 amide bonds. The third kappa shape index (κ3) is 6.06. The molecule has 0 atom stereocenters. The van der Waals surface area contributed by atoms with Crippen molar-refractivity contribution < 1.29 is 24.3 Å². The number of rotatable bonds is 8. The zero-order valence-electron chi connectivity index (χ0n) is 13.1. The Morgan fingerprint density at radius 2 is 1.10 bits per heavy atom. The van der Waals surface area contributed by atoms with E-state index >= 15 is 0 Å². The minimum Gasteiger partial charge on any atom is 0 e. The SMILES string of the molecule is CC[AsH](CC)(CC)C(=O)[AsH](CC)(CC)CC(Cl)(Cl)Cl.[Rh]. The monoisotopic (exact) mass is 559 g/mol. The van der Waals surface area contributed by atoms with Gasteiger partial charge in [-0.1, -0.05) is 0 Å². The van der Waals surface area contributed by atoms with Crippen molar-refractivity contribution in [3.05, 3.63) is 0 Å². The Bertz CT molecular complexity index is 292. The molecule has 0 bridgehead atoms. The van der Waals surface area contributed by atoms with Crippen LogP contribution in [0.2, 0.25) is 31.3 Å². The van der Waals surface area contributed by atoms with Crippen LogP contribution in [0.4, 0.5) is 4.79 Å². The van der Waals surface area contributed by atoms with Crippen LogP contribution in [0.1, 0.15) is 34.6 Å². The molecule has 20 heavy (non-hydrogen) atoms. The van der Waals surface area contributed by atoms with Crippen LogP contribution in [0.3, 0.4) is 0 Å². The van der Waals surface area contributed by atoms with E-state index in [0.717, 1.165) is 26.0 Å². The molecule has 0 saturated heterocycles. The van der Waals surface area contributed by atoms with E-state index in [1.54, 1.807) is 0 Å². The predicted octanol–water partition coefficient (Wildman–Crippen LogP) is 6.10. The van der Waals surface area contributed by atoms with Crippen LogP contribution in [0.5, 0.6) is 0 Å². The van der Waals surface area contributed by atoms with Crippen molar-refractivity contribution in [2.75, 3.05) is 0 Å². The summed E-state index contributed by atoms with van der Waals surface area (Å²) >= 11 is 13.0. The molecular formula is C13H29As2Cl3ORh. The molecule has 0 aromatic heterocycles. The van der Waals surface area contributed by atoms with E-state index in [2.05, 4.69) is 34.6 Å². The zero-order chi connectivity index (χ0) is 15.3. The standard InChI is InChI=1S/C13H29As2Cl3O.Rh/c1-6-14(7-2,8-3)12(19)15(9-4,10-5)11-13(16,17)18;/h14-15H,6-11H2,1-5H3;. The zero-order valence-corrected chi connectivity index (χ0v) is 21.2. The molecular weight excluding hydrogens is 531 g/mol. The fourth-order valence-corrected chi connectivity index (χ4v) is 42.9. The summed E-state index contributed by atoms with van der Waals surface area (Å²) in [6.07, 6.45) is 0. The van der Waals surface area contributed by atoms with Gasteiger partial charge in [0.2, 0.25) is 0 Å². The first-order chi connectivity index (χ1) is 8.67. The molecule has 0 aliphatic carbocycles. The molecule has 0 aliphatic rings. The van der Waals surface area contributed by atoms with Crippen molar-refractivity contribution in [2.24, 2.45) is 0 Å². The van der Waals surface area contributed by atoms with E-state index in [1.807, 2.05) is 0 Å². The summed E-state index contributed by atoms with van der Waals surface area (Å²) in [5.41, 5.74) is 0. The maximum atomic E-state index is 13.3. The summed E-state index contributed by atoms with van der Waals surface area (Å²) in [4.78, 5) is 13.3. The molecule has 0 aliphatic heterocycles. The van der Waals surface area contributed by atoms with Gasteiger partial charge in [0.05, 0.1) is 0 Å². The van der Waals surface area contributed by atoms with Gasteiger partial charge in [0.25, 0.3) is 0 Å². The summed E-state index contributed by atoms with van der Waals surface area (Å²) in [6.45, 7) is 10.8. The van der Waals surface area contributed by atoms with Gasteiger partial charge in [0.15, 0.2) is 0 Å². The van der Waals surface area contributed by atoms with Crippen molar-refractivity contribution in [1.29, 1.82) is 0 Å². The smallest absolute Gasteiger partial charge is 0 e. The molecule has 7 heteroatoms. The molecule has 0 rings (SSSR count). The molecule has 127 valence electrons. The van der Waals surface area contributed by atoms with Crippen LogP contribution >= 0.6 is 34.8 Å². The van der Waals surface area contributed by atoms with E-state index in [9.17, 15) is 4.79 Å². The summed E-state index contributed by atoms with van der Waals surface area (Å²) in [6, 6.07) is 0. The van der Waals surface area contributed by atoms with Crippen LogP contribution < -0.4 is 0 Å². The third-order valence-corrected chi connectivity index (χ3v) is 39.0. The fourth-order valence-electron chi connectivity index (χ4n) is 3.08. The van der Waals surface area contributed by atoms with E-state index in [1.165, 1.54) is 0 Å². The Hall–Kier alpha value is 2.28. The first kappa shape index (κ1) is 24.5. The number of hydrogen-bond acceptors (Lipinski definition) is 1. The minimum absolute atomic E-state index is 0. The second-order valence-corrected chi connectivity index (χ2v) is 31.0. The number of carbonyl (C=O) groups excluding carboxylic acids is 1. The molecule has 0 spiro atoms. The van der Waals surface area contributed by atoms with Gasteiger partial charge in [-0.25, -0.2) is 0 Å². The Balaban J connectivity index is 0. The van der Waals surface area contributed by atoms with Gasteiger partial charge in [-0.3, -0.25) is 0 Å². The second-order valence-electron chi connectivity index (χ2n) is 5.45. The maximum Gasteiger partial charge on any atom is 0 e. The van der Waals surface area contributed by atoms with Gasteiger partial charge < -0.3 is 0 Å². The van der Waals surface area contributed by atoms with Crippen molar-refractivity contribution in [2.45, 2.75) is 69.7 Å². The van der Waals surface area contributed by atoms with Crippen LogP contribution in [-0.4, -0.2) is 34.3 Å². The normalized spacial score (nSPS) is 14.6. The largest absolute Gasteiger partial charge is 0 e. The number of carbonyl (C=O) groups is 1. The molecule has 0 heterocycles. The van der Waals surface area contributed by atoms with Gasteiger partial charge in [0, 0.05) is 19.5 Å². The van der Waals surface area contributed by atoms with E-state index in [0.29, 0.717) is 8.57 Å². The number of hydrogen-bond donors (Lipinski definition) is 0. The van der Waals surface area contributed by atoms with Gasteiger partial charge in [-0.15, -0.1) is 0 Å². The third-order valence-electron chi connectivity index (χ3n) is 4.89. The van der Waals surface area contributed by atoms with E-state index in [4.69, 9.17) is 34.8 Å². The van der Waals surface area contributed by atoms with Crippen molar-refractivity contribution in [1.82, 2.24) is 0 Å². The Labute approximate surface area is 157 Å². The first-order valence-electron chi connectivity index (χ1n) is 7.28. The van der Waals surface area contributed by atoms with Crippen LogP contribution in [0.25, 0.3) is 0 Å². The average molecular weight is 560 g/mol. The van der Waals surface area contributed by atoms with Crippen LogP contribution in [0, 0.1) is 0 Å². The summed E-state index contributed by atoms with van der Waals surface area (Å²) in [7, 11) is 0. The van der Waals surface area contributed by atoms with E-state index in [-0.39, 0.29) is 19.5 Å². The molecule has 0 aromatic rings. The van der Waals surface area contributed by atoms with Crippen molar-refractivity contribution >= 4 is 65.3 Å². The number of alkyl halides is 3. The van der Waals surface area contributed by atoms with Gasteiger partial charge in [0.1, 0.15) is 0 Å². The predicted molar refractivity (Wildman–Crippen MR) is 97.2 cm³/mol. The van der Waals surface area contributed by atoms with Crippen molar-refractivity contribution in [3.8, 4) is 0 Å². The summed E-state index contributed by atoms with van der Waals surface area (Å²) in [5.74, 6) is 0. The summed E-state index contributed by atoms with van der Waals surface area (Å²) in [5, 5.41) is 5.69. The molecule has 0 unspecified atom stereocenters. The molecule has 1 radical (unpaired) electrons. The molecule has 1 nitrogen and oxygen atoms in total.